The van der Waals surface area contributed by atoms with Gasteiger partial charge in [0.1, 0.15) is 3.92 Å². The van der Waals surface area contributed by atoms with Gasteiger partial charge in [-0.05, 0) is 6.07 Å². The van der Waals surface area contributed by atoms with Gasteiger partial charge < -0.3 is 4.74 Å². The quantitative estimate of drug-likeness (QED) is 0.347. The molecule has 3 unspecified atom stereocenters. The predicted molar refractivity (Wildman–Crippen MR) is 83.5 cm³/mol. The van der Waals surface area contributed by atoms with Gasteiger partial charge in [-0.3, -0.25) is 4.79 Å². The number of fused-ring (bicyclic) bond motifs is 1. The molecule has 3 atom stereocenters. The van der Waals surface area contributed by atoms with Crippen LogP contribution in [0.25, 0.3) is 0 Å². The van der Waals surface area contributed by atoms with E-state index in [1.807, 2.05) is 36.4 Å². The van der Waals surface area contributed by atoms with Gasteiger partial charge in [-0.1, -0.05) is 52.9 Å². The average molecular weight is 380 g/mol. The van der Waals surface area contributed by atoms with Gasteiger partial charge in [0.2, 0.25) is 11.8 Å². The van der Waals surface area contributed by atoms with E-state index >= 15 is 0 Å². The molecule has 102 valence electrons. The number of carbonyl (C=O) groups excluding carboxylic acids is 1. The Balaban J connectivity index is 2.07. The first-order valence-electron chi connectivity index (χ1n) is 6.55. The van der Waals surface area contributed by atoms with Gasteiger partial charge >= 0.3 is 5.97 Å². The van der Waals surface area contributed by atoms with E-state index in [2.05, 4.69) is 45.5 Å². The Kier molecular flexibility index (Phi) is 3.74. The molecule has 3 nitrogen and oxygen atoms in total. The molecule has 0 saturated heterocycles. The predicted octanol–water partition coefficient (Wildman–Crippen LogP) is 2.98. The molecule has 0 fully saturated rings. The number of hydrogen-bond donors (Lipinski definition) is 0. The molecule has 1 aliphatic rings. The normalized spacial score (nSPS) is 24.2. The lowest BCUT2D eigenvalue weighted by atomic mass is 10.0. The van der Waals surface area contributed by atoms with Crippen molar-refractivity contribution in [1.82, 2.24) is 0 Å². The van der Waals surface area contributed by atoms with Crippen LogP contribution in [0.4, 0.5) is 0 Å². The fourth-order valence-corrected chi connectivity index (χ4v) is 4.02. The van der Waals surface area contributed by atoms with E-state index in [1.165, 1.54) is 12.5 Å². The molecular weight excluding hydrogens is 365 g/mol. The number of esters is 1. The summed E-state index contributed by atoms with van der Waals surface area (Å²) in [5.41, 5.74) is 2.29. The fourth-order valence-electron chi connectivity index (χ4n) is 2.74. The summed E-state index contributed by atoms with van der Waals surface area (Å²) in [5.74, 6) is -0.235. The zero-order valence-electron chi connectivity index (χ0n) is 11.1. The highest BCUT2D eigenvalue weighted by Gasteiger charge is 2.49. The van der Waals surface area contributed by atoms with Gasteiger partial charge in [0.25, 0.3) is 0 Å². The summed E-state index contributed by atoms with van der Waals surface area (Å²) in [6.45, 7) is 1.46. The van der Waals surface area contributed by atoms with Gasteiger partial charge in [0.15, 0.2) is 12.2 Å². The number of halogens is 1. The summed E-state index contributed by atoms with van der Waals surface area (Å²) in [4.78, 5) is 11.4. The Morgan fingerprint density at radius 3 is 2.55 bits per heavy atom. The number of rotatable bonds is 2. The summed E-state index contributed by atoms with van der Waals surface area (Å²) >= 11 is 2.39. The second kappa shape index (κ2) is 5.52. The zero-order chi connectivity index (χ0) is 14.1. The van der Waals surface area contributed by atoms with Crippen LogP contribution < -0.4 is 4.57 Å². The monoisotopic (exact) mass is 380 g/mol. The minimum absolute atomic E-state index is 0.182. The molecule has 0 spiro atoms. The molecule has 1 aliphatic heterocycles. The van der Waals surface area contributed by atoms with E-state index in [4.69, 9.17) is 4.74 Å². The molecule has 2 heterocycles. The van der Waals surface area contributed by atoms with Crippen molar-refractivity contribution in [2.45, 2.75) is 23.0 Å². The first kappa shape index (κ1) is 13.5. The summed E-state index contributed by atoms with van der Waals surface area (Å²) < 4.78 is 7.92. The lowest BCUT2D eigenvalue weighted by molar-refractivity contribution is -0.706. The van der Waals surface area contributed by atoms with E-state index < -0.39 is 0 Å². The third-order valence-electron chi connectivity index (χ3n) is 3.54. The molecule has 1 aromatic heterocycles. The summed E-state index contributed by atoms with van der Waals surface area (Å²) in [6.07, 6.45) is 1.86. The van der Waals surface area contributed by atoms with Crippen LogP contribution in [0.1, 0.15) is 30.3 Å². The topological polar surface area (TPSA) is 30.2 Å². The summed E-state index contributed by atoms with van der Waals surface area (Å²) in [7, 11) is 0. The van der Waals surface area contributed by atoms with E-state index in [0.29, 0.717) is 0 Å². The standard InChI is InChI=1S/C16H15INO2/c1-11(19)20-16-13-9-5-6-10-18(13)15(14(16)17)12-7-3-2-4-8-12/h2-10,14-16H,1H3/q+1. The Morgan fingerprint density at radius 1 is 1.15 bits per heavy atom. The minimum atomic E-state index is -0.235. The van der Waals surface area contributed by atoms with E-state index in [-0.39, 0.29) is 22.0 Å². The molecule has 0 bridgehead atoms. The van der Waals surface area contributed by atoms with Crippen LogP contribution in [0.3, 0.4) is 0 Å². The van der Waals surface area contributed by atoms with Crippen molar-refractivity contribution in [3.8, 4) is 0 Å². The minimum Gasteiger partial charge on any atom is -0.450 e. The molecular formula is C16H15INO2+. The number of alkyl halides is 1. The van der Waals surface area contributed by atoms with Gasteiger partial charge in [-0.25, -0.2) is 0 Å². The van der Waals surface area contributed by atoms with Crippen molar-refractivity contribution < 1.29 is 14.1 Å². The average Bonchev–Trinajstić information content (AvgIpc) is 2.72. The Bertz CT molecular complexity index is 629. The highest BCUT2D eigenvalue weighted by atomic mass is 127. The maximum Gasteiger partial charge on any atom is 0.303 e. The van der Waals surface area contributed by atoms with Crippen molar-refractivity contribution >= 4 is 28.6 Å². The highest BCUT2D eigenvalue weighted by Crippen LogP contribution is 2.39. The number of ether oxygens (including phenoxy) is 1. The first-order valence-corrected chi connectivity index (χ1v) is 7.79. The number of hydrogen-bond acceptors (Lipinski definition) is 2. The maximum atomic E-state index is 11.4. The SMILES string of the molecule is CC(=O)OC1c2cccc[n+]2C(c2ccccc2)C1I. The summed E-state index contributed by atoms with van der Waals surface area (Å²) in [6, 6.07) is 16.6. The van der Waals surface area contributed by atoms with Crippen molar-refractivity contribution in [3.63, 3.8) is 0 Å². The van der Waals surface area contributed by atoms with Crippen molar-refractivity contribution in [2.75, 3.05) is 0 Å². The van der Waals surface area contributed by atoms with Crippen LogP contribution >= 0.6 is 22.6 Å². The van der Waals surface area contributed by atoms with Crippen LogP contribution in [0.5, 0.6) is 0 Å². The van der Waals surface area contributed by atoms with Crippen molar-refractivity contribution in [1.29, 1.82) is 0 Å². The van der Waals surface area contributed by atoms with Crippen LogP contribution in [0.2, 0.25) is 0 Å². The molecule has 0 aliphatic carbocycles. The third kappa shape index (κ3) is 2.32. The highest BCUT2D eigenvalue weighted by molar-refractivity contribution is 14.1. The molecule has 1 aromatic carbocycles. The largest absolute Gasteiger partial charge is 0.450 e. The molecule has 20 heavy (non-hydrogen) atoms. The summed E-state index contributed by atoms with van der Waals surface area (Å²) in [5, 5.41) is 0. The number of nitrogens with zero attached hydrogens (tertiary/aromatic N) is 1. The van der Waals surface area contributed by atoms with E-state index in [0.717, 1.165) is 5.69 Å². The van der Waals surface area contributed by atoms with E-state index in [1.54, 1.807) is 0 Å². The number of benzene rings is 1. The van der Waals surface area contributed by atoms with Gasteiger partial charge in [0, 0.05) is 24.6 Å². The van der Waals surface area contributed by atoms with Crippen LogP contribution in [0, 0.1) is 0 Å². The Hall–Kier alpha value is -1.43. The van der Waals surface area contributed by atoms with Crippen LogP contribution in [0.15, 0.2) is 54.7 Å². The molecule has 2 aromatic rings. The Labute approximate surface area is 131 Å². The van der Waals surface area contributed by atoms with Gasteiger partial charge in [-0.2, -0.15) is 4.57 Å². The molecule has 0 amide bonds. The third-order valence-corrected chi connectivity index (χ3v) is 4.87. The molecule has 4 heteroatoms. The van der Waals surface area contributed by atoms with E-state index in [9.17, 15) is 4.79 Å². The lowest BCUT2D eigenvalue weighted by Gasteiger charge is -2.14. The van der Waals surface area contributed by atoms with Crippen molar-refractivity contribution in [2.24, 2.45) is 0 Å². The second-order valence-corrected chi connectivity index (χ2v) is 6.30. The smallest absolute Gasteiger partial charge is 0.303 e. The van der Waals surface area contributed by atoms with Gasteiger partial charge in [0.05, 0.1) is 0 Å². The van der Waals surface area contributed by atoms with Crippen LogP contribution in [-0.2, 0) is 9.53 Å². The first-order chi connectivity index (χ1) is 9.68. The molecule has 0 radical (unpaired) electrons. The number of carbonyl (C=O) groups is 1. The van der Waals surface area contributed by atoms with Crippen LogP contribution in [-0.4, -0.2) is 9.89 Å². The molecule has 3 rings (SSSR count). The maximum absolute atomic E-state index is 11.4. The number of aromatic nitrogens is 1. The fraction of sp³-hybridized carbons (Fsp3) is 0.250. The van der Waals surface area contributed by atoms with Gasteiger partial charge in [-0.15, -0.1) is 0 Å². The second-order valence-electron chi connectivity index (χ2n) is 4.86. The number of pyridine rings is 1. The Morgan fingerprint density at radius 2 is 1.85 bits per heavy atom. The van der Waals surface area contributed by atoms with Crippen molar-refractivity contribution in [3.05, 3.63) is 66.0 Å². The zero-order valence-corrected chi connectivity index (χ0v) is 13.2. The lowest BCUT2D eigenvalue weighted by Crippen LogP contribution is -2.40. The molecule has 0 N–H and O–H groups in total. The molecule has 0 saturated carbocycles.